The molecule has 0 rings (SSSR count). The average Bonchev–Trinajstić information content (AvgIpc) is 2.39. The van der Waals surface area contributed by atoms with Gasteiger partial charge in [0, 0.05) is 0 Å². The molecule has 0 N–H and O–H groups in total. The maximum absolute atomic E-state index is 13.7. The van der Waals surface area contributed by atoms with Gasteiger partial charge >= 0.3 is 57.4 Å². The molecular formula is C8F20O3Si. The smallest absolute Gasteiger partial charge is 0.304 e. The van der Waals surface area contributed by atoms with Crippen molar-refractivity contribution in [2.75, 3.05) is 0 Å². The van der Waals surface area contributed by atoms with Crippen LogP contribution in [0.4, 0.5) is 87.8 Å². The molecule has 24 heteroatoms. The molecule has 0 bridgehead atoms. The van der Waals surface area contributed by atoms with Crippen molar-refractivity contribution < 1.29 is 101 Å². The van der Waals surface area contributed by atoms with Crippen molar-refractivity contribution >= 4 is 8.80 Å². The van der Waals surface area contributed by atoms with Crippen molar-refractivity contribution in [3.8, 4) is 0 Å². The molecule has 0 radical (unpaired) electrons. The normalized spacial score (nSPS) is 16.5. The second-order valence-electron chi connectivity index (χ2n) is 4.99. The van der Waals surface area contributed by atoms with E-state index >= 15 is 0 Å². The van der Waals surface area contributed by atoms with Crippen LogP contribution in [-0.2, 0) is 13.3 Å². The predicted molar refractivity (Wildman–Crippen MR) is 53.0 cm³/mol. The molecule has 0 fully saturated rings. The summed E-state index contributed by atoms with van der Waals surface area (Å²) in [7, 11) is -10.1. The van der Waals surface area contributed by atoms with E-state index in [2.05, 4.69) is 0 Å². The van der Waals surface area contributed by atoms with Gasteiger partial charge in [-0.15, -0.1) is 26.3 Å². The van der Waals surface area contributed by atoms with E-state index in [1.165, 1.54) is 13.3 Å². The lowest BCUT2D eigenvalue weighted by Crippen LogP contribution is -2.76. The second-order valence-corrected chi connectivity index (χ2v) is 7.34. The van der Waals surface area contributed by atoms with Crippen LogP contribution in [0.3, 0.4) is 0 Å². The topological polar surface area (TPSA) is 27.7 Å². The van der Waals surface area contributed by atoms with E-state index in [0.717, 1.165) is 0 Å². The van der Waals surface area contributed by atoms with Gasteiger partial charge in [0.1, 0.15) is 0 Å². The van der Waals surface area contributed by atoms with Gasteiger partial charge in [-0.05, 0) is 0 Å². The molecule has 0 saturated carbocycles. The summed E-state index contributed by atoms with van der Waals surface area (Å²) in [5.74, 6) is -16.4. The highest BCUT2D eigenvalue weighted by Gasteiger charge is 2.91. The summed E-state index contributed by atoms with van der Waals surface area (Å²) < 4.78 is 255. The van der Waals surface area contributed by atoms with Gasteiger partial charge in [0.05, 0.1) is 0 Å². The Morgan fingerprint density at radius 2 is 0.656 bits per heavy atom. The molecule has 32 heavy (non-hydrogen) atoms. The van der Waals surface area contributed by atoms with Crippen LogP contribution in [0.1, 0.15) is 0 Å². The van der Waals surface area contributed by atoms with E-state index in [0.29, 0.717) is 0 Å². The first-order valence-corrected chi connectivity index (χ1v) is 7.98. The molecule has 0 aromatic heterocycles. The standard InChI is InChI=1S/C8F20O3Si/c9-1(10,3(13,14)15)5(19,20)29-32(30-7(23,24)25,31-8(26,27)28)6(21,22)2(11,12)4(16,17)18. The lowest BCUT2D eigenvalue weighted by Gasteiger charge is -2.41. The third-order valence-corrected chi connectivity index (χ3v) is 5.23. The summed E-state index contributed by atoms with van der Waals surface area (Å²) in [5.41, 5.74) is -8.45. The van der Waals surface area contributed by atoms with Crippen molar-refractivity contribution in [2.45, 2.75) is 48.6 Å². The number of halogens is 20. The maximum atomic E-state index is 13.7. The van der Waals surface area contributed by atoms with E-state index in [1.54, 1.807) is 0 Å². The van der Waals surface area contributed by atoms with E-state index in [1.807, 2.05) is 0 Å². The minimum atomic E-state index is -10.1. The Morgan fingerprint density at radius 1 is 0.375 bits per heavy atom. The van der Waals surface area contributed by atoms with Crippen molar-refractivity contribution in [1.82, 2.24) is 0 Å². The summed E-state index contributed by atoms with van der Waals surface area (Å²) >= 11 is 0. The van der Waals surface area contributed by atoms with Crippen LogP contribution in [0, 0.1) is 0 Å². The Hall–Kier alpha value is -1.30. The van der Waals surface area contributed by atoms with Crippen LogP contribution in [-0.4, -0.2) is 57.4 Å². The van der Waals surface area contributed by atoms with Gasteiger partial charge in [0.25, 0.3) is 0 Å². The first-order valence-electron chi connectivity index (χ1n) is 6.25. The average molecular weight is 552 g/mol. The Labute approximate surface area is 160 Å². The van der Waals surface area contributed by atoms with Crippen LogP contribution < -0.4 is 0 Å². The highest BCUT2D eigenvalue weighted by molar-refractivity contribution is 6.64. The molecule has 0 heterocycles. The molecule has 0 atom stereocenters. The van der Waals surface area contributed by atoms with Gasteiger partial charge in [0.15, 0.2) is 0 Å². The summed E-state index contributed by atoms with van der Waals surface area (Å²) in [6.45, 7) is 0. The molecule has 0 unspecified atom stereocenters. The van der Waals surface area contributed by atoms with Crippen LogP contribution in [0.2, 0.25) is 0 Å². The number of alkyl halides is 20. The SMILES string of the molecule is FC(F)(F)O[Si](OC(F)(F)F)(OC(F)(F)C(F)(F)C(F)(F)F)C(F)(F)C(F)(F)C(F)(F)F. The third kappa shape index (κ3) is 5.78. The fraction of sp³-hybridized carbons (Fsp3) is 1.00. The first-order chi connectivity index (χ1) is 13.4. The van der Waals surface area contributed by atoms with Gasteiger partial charge in [-0.2, -0.15) is 61.5 Å². The van der Waals surface area contributed by atoms with E-state index in [4.69, 9.17) is 0 Å². The molecule has 0 aliphatic heterocycles. The highest BCUT2D eigenvalue weighted by atomic mass is 28.4. The number of rotatable bonds is 7. The quantitative estimate of drug-likeness (QED) is 0.279. The molecule has 0 aliphatic carbocycles. The second kappa shape index (κ2) is 7.88. The Balaban J connectivity index is 7.29. The number of hydrogen-bond acceptors (Lipinski definition) is 3. The van der Waals surface area contributed by atoms with Gasteiger partial charge in [0.2, 0.25) is 0 Å². The summed E-state index contributed by atoms with van der Waals surface area (Å²) in [5, 5.41) is 0. The zero-order valence-corrected chi connectivity index (χ0v) is 14.3. The van der Waals surface area contributed by atoms with E-state index < -0.39 is 57.4 Å². The lowest BCUT2D eigenvalue weighted by atomic mass is 10.3. The largest absolute Gasteiger partial charge is 0.599 e. The monoisotopic (exact) mass is 552 g/mol. The third-order valence-electron chi connectivity index (χ3n) is 2.62. The summed E-state index contributed by atoms with van der Waals surface area (Å²) in [6, 6.07) is 0. The summed E-state index contributed by atoms with van der Waals surface area (Å²) in [6.07, 6.45) is -38.8. The first kappa shape index (κ1) is 30.7. The maximum Gasteiger partial charge on any atom is 0.599 e. The highest BCUT2D eigenvalue weighted by Crippen LogP contribution is 2.56. The zero-order valence-electron chi connectivity index (χ0n) is 13.3. The predicted octanol–water partition coefficient (Wildman–Crippen LogP) is 6.18. The Kier molecular flexibility index (Phi) is 7.56. The summed E-state index contributed by atoms with van der Waals surface area (Å²) in [4.78, 5) is 0. The minimum Gasteiger partial charge on any atom is -0.304 e. The van der Waals surface area contributed by atoms with Crippen LogP contribution in [0.5, 0.6) is 0 Å². The van der Waals surface area contributed by atoms with Crippen LogP contribution in [0.25, 0.3) is 0 Å². The zero-order chi connectivity index (χ0) is 26.6. The molecule has 0 saturated heterocycles. The van der Waals surface area contributed by atoms with Crippen molar-refractivity contribution in [2.24, 2.45) is 0 Å². The lowest BCUT2D eigenvalue weighted by molar-refractivity contribution is -0.434. The van der Waals surface area contributed by atoms with Gasteiger partial charge in [-0.3, -0.25) is 8.85 Å². The van der Waals surface area contributed by atoms with Gasteiger partial charge in [-0.25, -0.2) is 0 Å². The van der Waals surface area contributed by atoms with E-state index in [9.17, 15) is 87.8 Å². The molecule has 0 aromatic carbocycles. The molecule has 0 spiro atoms. The van der Waals surface area contributed by atoms with Crippen molar-refractivity contribution in [1.29, 1.82) is 0 Å². The van der Waals surface area contributed by atoms with Crippen LogP contribution >= 0.6 is 0 Å². The molecule has 194 valence electrons. The van der Waals surface area contributed by atoms with Gasteiger partial charge in [-0.1, -0.05) is 0 Å². The van der Waals surface area contributed by atoms with Crippen molar-refractivity contribution in [3.63, 3.8) is 0 Å². The molecule has 3 nitrogen and oxygen atoms in total. The molecular weight excluding hydrogens is 552 g/mol. The van der Waals surface area contributed by atoms with E-state index in [-0.39, 0.29) is 0 Å². The Morgan fingerprint density at radius 3 is 0.875 bits per heavy atom. The molecule has 0 aliphatic rings. The molecule has 0 aromatic rings. The van der Waals surface area contributed by atoms with Crippen LogP contribution in [0.15, 0.2) is 0 Å². The van der Waals surface area contributed by atoms with Gasteiger partial charge < -0.3 is 4.43 Å². The van der Waals surface area contributed by atoms with Crippen molar-refractivity contribution in [3.05, 3.63) is 0 Å². The number of hydrogen-bond donors (Lipinski definition) is 0. The minimum absolute atomic E-state index is 1.44. The fourth-order valence-corrected chi connectivity index (χ4v) is 3.44. The molecule has 0 amide bonds. The fourth-order valence-electron chi connectivity index (χ4n) is 1.33. The Bertz CT molecular complexity index is 638.